The molecule has 0 N–H and O–H groups in total. The van der Waals surface area contributed by atoms with Crippen LogP contribution in [-0.4, -0.2) is 23.0 Å². The van der Waals surface area contributed by atoms with Crippen LogP contribution >= 0.6 is 0 Å². The van der Waals surface area contributed by atoms with E-state index in [4.69, 9.17) is 0 Å². The van der Waals surface area contributed by atoms with Gasteiger partial charge in [0.2, 0.25) is 0 Å². The van der Waals surface area contributed by atoms with Gasteiger partial charge in [-0.25, -0.2) is 0 Å². The van der Waals surface area contributed by atoms with Crippen LogP contribution in [-0.2, 0) is 6.54 Å². The fourth-order valence-electron chi connectivity index (χ4n) is 1.43. The Labute approximate surface area is 86.3 Å². The standard InChI is InChI=1S/C12H18N2/c1-4-11-8-7-9-13-12(11)10-14(5-2)6-3/h4,7-9H,1,5-6,10H2,2-3H3. The molecule has 2 nitrogen and oxygen atoms in total. The van der Waals surface area contributed by atoms with Gasteiger partial charge >= 0.3 is 0 Å². The maximum atomic E-state index is 4.37. The number of nitrogens with zero attached hydrogens (tertiary/aromatic N) is 2. The molecule has 14 heavy (non-hydrogen) atoms. The summed E-state index contributed by atoms with van der Waals surface area (Å²) in [5, 5.41) is 0. The first kappa shape index (κ1) is 10.9. The second-order valence-corrected chi connectivity index (χ2v) is 3.20. The van der Waals surface area contributed by atoms with Crippen molar-refractivity contribution in [3.05, 3.63) is 36.2 Å². The van der Waals surface area contributed by atoms with E-state index in [0.717, 1.165) is 30.9 Å². The molecule has 0 saturated carbocycles. The summed E-state index contributed by atoms with van der Waals surface area (Å²) < 4.78 is 0. The summed E-state index contributed by atoms with van der Waals surface area (Å²) in [6, 6.07) is 4.00. The molecule has 0 aliphatic carbocycles. The average Bonchev–Trinajstić information content (AvgIpc) is 2.26. The highest BCUT2D eigenvalue weighted by Crippen LogP contribution is 2.09. The van der Waals surface area contributed by atoms with Gasteiger partial charge in [0.25, 0.3) is 0 Å². The number of pyridine rings is 1. The first-order chi connectivity index (χ1) is 6.81. The topological polar surface area (TPSA) is 16.1 Å². The normalized spacial score (nSPS) is 10.5. The SMILES string of the molecule is C=Cc1cccnc1CN(CC)CC. The molecule has 0 aromatic carbocycles. The van der Waals surface area contributed by atoms with Crippen LogP contribution in [0.3, 0.4) is 0 Å². The molecule has 0 aliphatic rings. The molecule has 1 heterocycles. The highest BCUT2D eigenvalue weighted by atomic mass is 15.1. The highest BCUT2D eigenvalue weighted by Gasteiger charge is 2.04. The number of hydrogen-bond donors (Lipinski definition) is 0. The number of aromatic nitrogens is 1. The summed E-state index contributed by atoms with van der Waals surface area (Å²) in [6.45, 7) is 11.2. The Morgan fingerprint density at radius 1 is 1.43 bits per heavy atom. The first-order valence-corrected chi connectivity index (χ1v) is 5.10. The second kappa shape index (κ2) is 5.55. The van der Waals surface area contributed by atoms with Crippen molar-refractivity contribution in [2.45, 2.75) is 20.4 Å². The third-order valence-electron chi connectivity index (χ3n) is 2.41. The van der Waals surface area contributed by atoms with E-state index in [-0.39, 0.29) is 0 Å². The van der Waals surface area contributed by atoms with Crippen LogP contribution in [0.1, 0.15) is 25.1 Å². The second-order valence-electron chi connectivity index (χ2n) is 3.20. The molecule has 0 bridgehead atoms. The average molecular weight is 190 g/mol. The largest absolute Gasteiger partial charge is 0.298 e. The van der Waals surface area contributed by atoms with Gasteiger partial charge in [-0.3, -0.25) is 9.88 Å². The molecule has 0 fully saturated rings. The fraction of sp³-hybridized carbons (Fsp3) is 0.417. The lowest BCUT2D eigenvalue weighted by molar-refractivity contribution is 0.292. The molecule has 0 spiro atoms. The highest BCUT2D eigenvalue weighted by molar-refractivity contribution is 5.49. The predicted octanol–water partition coefficient (Wildman–Crippen LogP) is 2.57. The lowest BCUT2D eigenvalue weighted by Gasteiger charge is -2.18. The molecule has 0 atom stereocenters. The van der Waals surface area contributed by atoms with Crippen molar-refractivity contribution in [2.75, 3.05) is 13.1 Å². The van der Waals surface area contributed by atoms with Crippen molar-refractivity contribution in [1.82, 2.24) is 9.88 Å². The Hall–Kier alpha value is -1.15. The molecule has 0 amide bonds. The third kappa shape index (κ3) is 2.67. The number of rotatable bonds is 5. The minimum absolute atomic E-state index is 0.912. The van der Waals surface area contributed by atoms with E-state index in [0.29, 0.717) is 0 Å². The Bertz CT molecular complexity index is 290. The van der Waals surface area contributed by atoms with Crippen molar-refractivity contribution >= 4 is 6.08 Å². The Kier molecular flexibility index (Phi) is 4.33. The minimum Gasteiger partial charge on any atom is -0.298 e. The zero-order chi connectivity index (χ0) is 10.4. The first-order valence-electron chi connectivity index (χ1n) is 5.10. The monoisotopic (exact) mass is 190 g/mol. The Morgan fingerprint density at radius 2 is 2.14 bits per heavy atom. The Morgan fingerprint density at radius 3 is 2.71 bits per heavy atom. The van der Waals surface area contributed by atoms with Crippen molar-refractivity contribution < 1.29 is 0 Å². The molecule has 0 aliphatic heterocycles. The van der Waals surface area contributed by atoms with Crippen LogP contribution in [0.15, 0.2) is 24.9 Å². The lowest BCUT2D eigenvalue weighted by Crippen LogP contribution is -2.23. The molecule has 1 aromatic rings. The summed E-state index contributed by atoms with van der Waals surface area (Å²) >= 11 is 0. The van der Waals surface area contributed by atoms with E-state index in [2.05, 4.69) is 36.4 Å². The third-order valence-corrected chi connectivity index (χ3v) is 2.41. The van der Waals surface area contributed by atoms with Gasteiger partial charge in [-0.1, -0.05) is 32.6 Å². The maximum absolute atomic E-state index is 4.37. The quantitative estimate of drug-likeness (QED) is 0.709. The molecular formula is C12H18N2. The van der Waals surface area contributed by atoms with E-state index in [1.807, 2.05) is 18.3 Å². The van der Waals surface area contributed by atoms with Gasteiger partial charge in [0.1, 0.15) is 0 Å². The smallest absolute Gasteiger partial charge is 0.0615 e. The minimum atomic E-state index is 0.912. The number of hydrogen-bond acceptors (Lipinski definition) is 2. The van der Waals surface area contributed by atoms with Crippen molar-refractivity contribution in [3.63, 3.8) is 0 Å². The molecule has 2 heteroatoms. The zero-order valence-corrected chi connectivity index (χ0v) is 9.03. The van der Waals surface area contributed by atoms with Gasteiger partial charge < -0.3 is 0 Å². The van der Waals surface area contributed by atoms with Crippen LogP contribution in [0.4, 0.5) is 0 Å². The molecule has 0 saturated heterocycles. The van der Waals surface area contributed by atoms with E-state index < -0.39 is 0 Å². The van der Waals surface area contributed by atoms with Crippen LogP contribution < -0.4 is 0 Å². The van der Waals surface area contributed by atoms with Gasteiger partial charge in [0.05, 0.1) is 5.69 Å². The van der Waals surface area contributed by atoms with Crippen LogP contribution in [0, 0.1) is 0 Å². The van der Waals surface area contributed by atoms with Crippen molar-refractivity contribution in [1.29, 1.82) is 0 Å². The maximum Gasteiger partial charge on any atom is 0.0615 e. The van der Waals surface area contributed by atoms with Crippen LogP contribution in [0.5, 0.6) is 0 Å². The summed E-state index contributed by atoms with van der Waals surface area (Å²) in [5.41, 5.74) is 2.26. The van der Waals surface area contributed by atoms with Gasteiger partial charge in [-0.2, -0.15) is 0 Å². The van der Waals surface area contributed by atoms with Gasteiger partial charge in [-0.05, 0) is 24.7 Å². The summed E-state index contributed by atoms with van der Waals surface area (Å²) in [4.78, 5) is 6.71. The van der Waals surface area contributed by atoms with Gasteiger partial charge in [0.15, 0.2) is 0 Å². The molecular weight excluding hydrogens is 172 g/mol. The van der Waals surface area contributed by atoms with E-state index >= 15 is 0 Å². The van der Waals surface area contributed by atoms with Crippen molar-refractivity contribution in [2.24, 2.45) is 0 Å². The lowest BCUT2D eigenvalue weighted by atomic mass is 10.2. The molecule has 0 unspecified atom stereocenters. The Balaban J connectivity index is 2.79. The van der Waals surface area contributed by atoms with Crippen molar-refractivity contribution in [3.8, 4) is 0 Å². The van der Waals surface area contributed by atoms with Crippen LogP contribution in [0.2, 0.25) is 0 Å². The van der Waals surface area contributed by atoms with Gasteiger partial charge in [0, 0.05) is 12.7 Å². The molecule has 1 rings (SSSR count). The summed E-state index contributed by atoms with van der Waals surface area (Å²) in [5.74, 6) is 0. The summed E-state index contributed by atoms with van der Waals surface area (Å²) in [6.07, 6.45) is 3.71. The predicted molar refractivity (Wildman–Crippen MR) is 61.0 cm³/mol. The summed E-state index contributed by atoms with van der Waals surface area (Å²) in [7, 11) is 0. The van der Waals surface area contributed by atoms with E-state index in [1.54, 1.807) is 0 Å². The molecule has 0 radical (unpaired) electrons. The fourth-order valence-corrected chi connectivity index (χ4v) is 1.43. The van der Waals surface area contributed by atoms with Gasteiger partial charge in [-0.15, -0.1) is 0 Å². The van der Waals surface area contributed by atoms with E-state index in [1.165, 1.54) is 0 Å². The van der Waals surface area contributed by atoms with E-state index in [9.17, 15) is 0 Å². The van der Waals surface area contributed by atoms with Crippen LogP contribution in [0.25, 0.3) is 6.08 Å². The molecule has 76 valence electrons. The zero-order valence-electron chi connectivity index (χ0n) is 9.03. The molecule has 1 aromatic heterocycles.